The van der Waals surface area contributed by atoms with Crippen molar-refractivity contribution in [2.75, 3.05) is 0 Å². The van der Waals surface area contributed by atoms with Crippen molar-refractivity contribution in [1.29, 1.82) is 0 Å². The van der Waals surface area contributed by atoms with Gasteiger partial charge in [-0.05, 0) is 29.8 Å². The van der Waals surface area contributed by atoms with Crippen LogP contribution in [-0.4, -0.2) is 15.5 Å². The van der Waals surface area contributed by atoms with Crippen LogP contribution >= 0.6 is 0 Å². The van der Waals surface area contributed by atoms with E-state index in [0.29, 0.717) is 6.07 Å². The van der Waals surface area contributed by atoms with Gasteiger partial charge in [-0.15, -0.1) is 0 Å². The Morgan fingerprint density at radius 1 is 1.17 bits per heavy atom. The predicted molar refractivity (Wildman–Crippen MR) is 78.2 cm³/mol. The quantitative estimate of drug-likeness (QED) is 0.755. The third-order valence-electron chi connectivity index (χ3n) is 3.52. The lowest BCUT2D eigenvalue weighted by Crippen LogP contribution is -2.24. The Labute approximate surface area is 129 Å². The van der Waals surface area contributed by atoms with Gasteiger partial charge in [-0.25, -0.2) is 18.2 Å². The maximum absolute atomic E-state index is 13.6. The Balaban J connectivity index is 1.76. The van der Waals surface area contributed by atoms with Crippen LogP contribution in [0.3, 0.4) is 0 Å². The maximum Gasteiger partial charge on any atom is 0.254 e. The van der Waals surface area contributed by atoms with Crippen LogP contribution in [0.4, 0.5) is 13.2 Å². The van der Waals surface area contributed by atoms with Gasteiger partial charge in [0.25, 0.3) is 5.91 Å². The summed E-state index contributed by atoms with van der Waals surface area (Å²) < 4.78 is 41.4. The topological polar surface area (TPSA) is 46.9 Å². The first-order valence-electron chi connectivity index (χ1n) is 6.79. The molecule has 0 aliphatic heterocycles. The van der Waals surface area contributed by atoms with Crippen LogP contribution < -0.4 is 5.32 Å². The zero-order valence-electron chi connectivity index (χ0n) is 12.1. The minimum Gasteiger partial charge on any atom is -0.348 e. The van der Waals surface area contributed by atoms with Gasteiger partial charge in [-0.3, -0.25) is 4.79 Å². The molecular weight excluding hydrogens is 307 g/mol. The number of fused-ring (bicyclic) bond motifs is 1. The SMILES string of the molecule is Cn1cnc2cc(CNC(=O)c3ccc(F)c(F)c3F)ccc21. The molecule has 0 aliphatic carbocycles. The van der Waals surface area contributed by atoms with Crippen molar-refractivity contribution in [1.82, 2.24) is 14.9 Å². The van der Waals surface area contributed by atoms with Gasteiger partial charge in [0.1, 0.15) is 0 Å². The van der Waals surface area contributed by atoms with Gasteiger partial charge in [-0.1, -0.05) is 6.07 Å². The second-order valence-corrected chi connectivity index (χ2v) is 5.08. The molecule has 4 nitrogen and oxygen atoms in total. The zero-order chi connectivity index (χ0) is 16.6. The summed E-state index contributed by atoms with van der Waals surface area (Å²) in [5.74, 6) is -5.31. The molecule has 1 amide bonds. The van der Waals surface area contributed by atoms with Crippen LogP contribution in [0, 0.1) is 17.5 Å². The molecule has 1 aromatic heterocycles. The van der Waals surface area contributed by atoms with Crippen LogP contribution in [0.25, 0.3) is 11.0 Å². The first-order valence-corrected chi connectivity index (χ1v) is 6.79. The number of hydrogen-bond acceptors (Lipinski definition) is 2. The second-order valence-electron chi connectivity index (χ2n) is 5.08. The summed E-state index contributed by atoms with van der Waals surface area (Å²) in [5.41, 5.74) is 1.92. The van der Waals surface area contributed by atoms with Crippen LogP contribution in [0.15, 0.2) is 36.7 Å². The summed E-state index contributed by atoms with van der Waals surface area (Å²) in [6.07, 6.45) is 1.67. The van der Waals surface area contributed by atoms with E-state index in [1.165, 1.54) is 0 Å². The highest BCUT2D eigenvalue weighted by atomic mass is 19.2. The number of rotatable bonds is 3. The maximum atomic E-state index is 13.6. The van der Waals surface area contributed by atoms with E-state index in [1.807, 2.05) is 17.7 Å². The number of carbonyl (C=O) groups is 1. The monoisotopic (exact) mass is 319 g/mol. The molecule has 0 aliphatic rings. The molecule has 1 N–H and O–H groups in total. The Morgan fingerprint density at radius 2 is 1.96 bits per heavy atom. The fourth-order valence-corrected chi connectivity index (χ4v) is 2.27. The van der Waals surface area contributed by atoms with Crippen molar-refractivity contribution < 1.29 is 18.0 Å². The number of nitrogens with one attached hydrogen (secondary N) is 1. The van der Waals surface area contributed by atoms with Crippen molar-refractivity contribution in [2.24, 2.45) is 7.05 Å². The normalized spacial score (nSPS) is 11.0. The molecule has 0 unspecified atom stereocenters. The van der Waals surface area contributed by atoms with Gasteiger partial charge in [0.2, 0.25) is 0 Å². The number of aryl methyl sites for hydroxylation is 1. The van der Waals surface area contributed by atoms with Gasteiger partial charge >= 0.3 is 0 Å². The number of benzene rings is 2. The number of hydrogen-bond donors (Lipinski definition) is 1. The first kappa shape index (κ1) is 15.1. The van der Waals surface area contributed by atoms with Crippen LogP contribution in [0.2, 0.25) is 0 Å². The molecule has 3 aromatic rings. The molecule has 1 heterocycles. The van der Waals surface area contributed by atoms with E-state index in [4.69, 9.17) is 0 Å². The van der Waals surface area contributed by atoms with Crippen molar-refractivity contribution >= 4 is 16.9 Å². The standard InChI is InChI=1S/C16H12F3N3O/c1-22-8-21-12-6-9(2-5-13(12)22)7-20-16(23)10-3-4-11(17)15(19)14(10)18/h2-6,8H,7H2,1H3,(H,20,23). The summed E-state index contributed by atoms with van der Waals surface area (Å²) >= 11 is 0. The fraction of sp³-hybridized carbons (Fsp3) is 0.125. The Hall–Kier alpha value is -2.83. The first-order chi connectivity index (χ1) is 11.0. The van der Waals surface area contributed by atoms with E-state index >= 15 is 0 Å². The molecule has 23 heavy (non-hydrogen) atoms. The molecule has 0 spiro atoms. The third-order valence-corrected chi connectivity index (χ3v) is 3.52. The Morgan fingerprint density at radius 3 is 2.74 bits per heavy atom. The highest BCUT2D eigenvalue weighted by Gasteiger charge is 2.18. The van der Waals surface area contributed by atoms with E-state index in [-0.39, 0.29) is 6.54 Å². The van der Waals surface area contributed by atoms with Gasteiger partial charge in [-0.2, -0.15) is 0 Å². The molecule has 0 saturated heterocycles. The zero-order valence-corrected chi connectivity index (χ0v) is 12.1. The Kier molecular flexibility index (Phi) is 3.77. The summed E-state index contributed by atoms with van der Waals surface area (Å²) in [5, 5.41) is 2.47. The molecular formula is C16H12F3N3O. The largest absolute Gasteiger partial charge is 0.348 e. The molecule has 7 heteroatoms. The summed E-state index contributed by atoms with van der Waals surface area (Å²) in [7, 11) is 1.86. The van der Waals surface area contributed by atoms with Crippen LogP contribution in [-0.2, 0) is 13.6 Å². The van der Waals surface area contributed by atoms with Crippen molar-refractivity contribution in [3.63, 3.8) is 0 Å². The molecule has 2 aromatic carbocycles. The van der Waals surface area contributed by atoms with Gasteiger partial charge in [0.05, 0.1) is 22.9 Å². The summed E-state index contributed by atoms with van der Waals surface area (Å²) in [4.78, 5) is 16.1. The fourth-order valence-electron chi connectivity index (χ4n) is 2.27. The Bertz CT molecular complexity index is 905. The lowest BCUT2D eigenvalue weighted by molar-refractivity contribution is 0.0945. The minimum atomic E-state index is -1.66. The lowest BCUT2D eigenvalue weighted by Gasteiger charge is -2.07. The predicted octanol–water partition coefficient (Wildman–Crippen LogP) is 2.92. The molecule has 0 fully saturated rings. The second kappa shape index (κ2) is 5.75. The minimum absolute atomic E-state index is 0.115. The summed E-state index contributed by atoms with van der Waals surface area (Å²) in [6, 6.07) is 7.06. The third kappa shape index (κ3) is 2.77. The summed E-state index contributed by atoms with van der Waals surface area (Å²) in [6.45, 7) is 0.115. The van der Waals surface area contributed by atoms with Crippen LogP contribution in [0.1, 0.15) is 15.9 Å². The van der Waals surface area contributed by atoms with Crippen LogP contribution in [0.5, 0.6) is 0 Å². The number of imidazole rings is 1. The highest BCUT2D eigenvalue weighted by molar-refractivity contribution is 5.94. The number of aromatic nitrogens is 2. The van der Waals surface area contributed by atoms with Gasteiger partial charge in [0.15, 0.2) is 17.5 Å². The number of amides is 1. The van der Waals surface area contributed by atoms with Crippen molar-refractivity contribution in [3.8, 4) is 0 Å². The van der Waals surface area contributed by atoms with E-state index in [1.54, 1.807) is 18.5 Å². The average Bonchev–Trinajstić information content (AvgIpc) is 2.91. The molecule has 118 valence electrons. The highest BCUT2D eigenvalue weighted by Crippen LogP contribution is 2.16. The van der Waals surface area contributed by atoms with E-state index < -0.39 is 28.9 Å². The molecule has 0 radical (unpaired) electrons. The molecule has 0 saturated carbocycles. The van der Waals surface area contributed by atoms with Gasteiger partial charge < -0.3 is 9.88 Å². The van der Waals surface area contributed by atoms with E-state index in [0.717, 1.165) is 22.7 Å². The van der Waals surface area contributed by atoms with Crippen molar-refractivity contribution in [3.05, 3.63) is 65.2 Å². The molecule has 3 rings (SSSR count). The number of halogens is 3. The van der Waals surface area contributed by atoms with E-state index in [9.17, 15) is 18.0 Å². The number of nitrogens with zero attached hydrogens (tertiary/aromatic N) is 2. The van der Waals surface area contributed by atoms with Crippen molar-refractivity contribution in [2.45, 2.75) is 6.54 Å². The average molecular weight is 319 g/mol. The lowest BCUT2D eigenvalue weighted by atomic mass is 10.1. The molecule has 0 bridgehead atoms. The van der Waals surface area contributed by atoms with Gasteiger partial charge in [0, 0.05) is 13.6 Å². The van der Waals surface area contributed by atoms with E-state index in [2.05, 4.69) is 10.3 Å². The smallest absolute Gasteiger partial charge is 0.254 e. The number of carbonyl (C=O) groups excluding carboxylic acids is 1. The molecule has 0 atom stereocenters.